The van der Waals surface area contributed by atoms with Gasteiger partial charge in [-0.3, -0.25) is 9.59 Å². The molecule has 0 spiro atoms. The average Bonchev–Trinajstić information content (AvgIpc) is 2.59. The van der Waals surface area contributed by atoms with Crippen LogP contribution in [0.3, 0.4) is 0 Å². The summed E-state index contributed by atoms with van der Waals surface area (Å²) in [5.74, 6) is -1.83. The van der Waals surface area contributed by atoms with Crippen LogP contribution >= 0.6 is 0 Å². The Labute approximate surface area is 144 Å². The van der Waals surface area contributed by atoms with Crippen LogP contribution in [0.5, 0.6) is 0 Å². The summed E-state index contributed by atoms with van der Waals surface area (Å²) in [5.41, 5.74) is 1.36. The Bertz CT molecular complexity index is 812. The molecule has 0 radical (unpaired) electrons. The lowest BCUT2D eigenvalue weighted by Gasteiger charge is -2.08. The molecule has 0 saturated heterocycles. The number of esters is 1. The van der Waals surface area contributed by atoms with Gasteiger partial charge < -0.3 is 10.1 Å². The zero-order chi connectivity index (χ0) is 18.2. The molecule has 0 fully saturated rings. The summed E-state index contributed by atoms with van der Waals surface area (Å²) in [6.45, 7) is 0.907. The number of para-hydroxylation sites is 1. The average molecular weight is 341 g/mol. The zero-order valence-corrected chi connectivity index (χ0v) is 13.5. The number of benzene rings is 2. The topological polar surface area (TPSA) is 72.5 Å². The molecule has 1 amide bonds. The second-order valence-corrected chi connectivity index (χ2v) is 5.14. The van der Waals surface area contributed by atoms with Gasteiger partial charge in [-0.1, -0.05) is 24.3 Å². The zero-order valence-electron chi connectivity index (χ0n) is 13.5. The number of hydrogen-bond donors (Lipinski definition) is 1. The van der Waals surface area contributed by atoms with Gasteiger partial charge in [-0.15, -0.1) is 0 Å². The molecule has 6 heteroatoms. The maximum atomic E-state index is 12.8. The monoisotopic (exact) mass is 341 g/mol. The number of anilines is 1. The van der Waals surface area contributed by atoms with Gasteiger partial charge >= 0.3 is 5.97 Å². The molecule has 0 aromatic heterocycles. The molecule has 0 heterocycles. The second kappa shape index (κ2) is 8.54. The number of carbonyl (C=O) groups excluding carboxylic acids is 3. The van der Waals surface area contributed by atoms with Crippen LogP contribution in [0.2, 0.25) is 0 Å². The fourth-order valence-corrected chi connectivity index (χ4v) is 2.01. The molecule has 5 nitrogen and oxygen atoms in total. The molecule has 0 bridgehead atoms. The summed E-state index contributed by atoms with van der Waals surface area (Å²) in [6.07, 6.45) is 2.59. The Hall–Kier alpha value is -3.28. The minimum atomic E-state index is -0.709. The predicted molar refractivity (Wildman–Crippen MR) is 91.5 cm³/mol. The highest BCUT2D eigenvalue weighted by atomic mass is 19.1. The first-order valence-corrected chi connectivity index (χ1v) is 7.46. The van der Waals surface area contributed by atoms with E-state index in [0.29, 0.717) is 16.8 Å². The third kappa shape index (κ3) is 5.69. The lowest BCUT2D eigenvalue weighted by atomic mass is 10.1. The molecule has 128 valence electrons. The molecule has 0 aliphatic heterocycles. The van der Waals surface area contributed by atoms with Crippen LogP contribution in [-0.2, 0) is 14.3 Å². The standard InChI is InChI=1S/C19H16FNO4/c1-13(22)16-4-2-3-5-17(16)21-18(23)12-25-19(24)11-8-14-6-9-15(20)10-7-14/h2-11H,12H2,1H3,(H,21,23)/b11-8+. The van der Waals surface area contributed by atoms with Gasteiger partial charge in [0.2, 0.25) is 0 Å². The van der Waals surface area contributed by atoms with E-state index in [2.05, 4.69) is 5.32 Å². The molecule has 0 aliphatic rings. The van der Waals surface area contributed by atoms with Crippen LogP contribution in [0, 0.1) is 5.82 Å². The maximum Gasteiger partial charge on any atom is 0.331 e. The number of amides is 1. The van der Waals surface area contributed by atoms with Crippen molar-refractivity contribution >= 4 is 29.4 Å². The van der Waals surface area contributed by atoms with Crippen LogP contribution in [0.15, 0.2) is 54.6 Å². The maximum absolute atomic E-state index is 12.8. The van der Waals surface area contributed by atoms with E-state index in [1.165, 1.54) is 37.3 Å². The molecule has 2 aromatic rings. The van der Waals surface area contributed by atoms with Gasteiger partial charge in [0.1, 0.15) is 5.82 Å². The van der Waals surface area contributed by atoms with Crippen molar-refractivity contribution in [3.05, 3.63) is 71.6 Å². The summed E-state index contributed by atoms with van der Waals surface area (Å²) >= 11 is 0. The van der Waals surface area contributed by atoms with E-state index in [-0.39, 0.29) is 11.6 Å². The summed E-state index contributed by atoms with van der Waals surface area (Å²) in [5, 5.41) is 2.52. The smallest absolute Gasteiger partial charge is 0.331 e. The Morgan fingerprint density at radius 1 is 1.08 bits per heavy atom. The van der Waals surface area contributed by atoms with Gasteiger partial charge in [-0.25, -0.2) is 9.18 Å². The van der Waals surface area contributed by atoms with Gasteiger partial charge in [0, 0.05) is 11.6 Å². The molecule has 0 aliphatic carbocycles. The van der Waals surface area contributed by atoms with Gasteiger partial charge in [-0.2, -0.15) is 0 Å². The number of rotatable bonds is 6. The molecule has 0 saturated carbocycles. The Balaban J connectivity index is 1.86. The molecule has 25 heavy (non-hydrogen) atoms. The quantitative estimate of drug-likeness (QED) is 0.497. The first-order valence-electron chi connectivity index (χ1n) is 7.46. The fraction of sp³-hybridized carbons (Fsp3) is 0.105. The van der Waals surface area contributed by atoms with Crippen LogP contribution < -0.4 is 5.32 Å². The molecule has 2 aromatic carbocycles. The first kappa shape index (κ1) is 18.1. The molecular formula is C19H16FNO4. The van der Waals surface area contributed by atoms with E-state index in [4.69, 9.17) is 4.74 Å². The van der Waals surface area contributed by atoms with Gasteiger partial charge in [0.05, 0.1) is 5.69 Å². The second-order valence-electron chi connectivity index (χ2n) is 5.14. The lowest BCUT2D eigenvalue weighted by molar-refractivity contribution is -0.142. The fourth-order valence-electron chi connectivity index (χ4n) is 2.01. The molecule has 0 atom stereocenters. The first-order chi connectivity index (χ1) is 12.0. The summed E-state index contributed by atoms with van der Waals surface area (Å²) in [7, 11) is 0. The number of ketones is 1. The van der Waals surface area contributed by atoms with E-state index in [0.717, 1.165) is 6.08 Å². The van der Waals surface area contributed by atoms with E-state index < -0.39 is 18.5 Å². The third-order valence-electron chi connectivity index (χ3n) is 3.21. The van der Waals surface area contributed by atoms with E-state index in [1.54, 1.807) is 24.3 Å². The Morgan fingerprint density at radius 2 is 1.76 bits per heavy atom. The molecule has 0 unspecified atom stereocenters. The van der Waals surface area contributed by atoms with Gasteiger partial charge in [0.15, 0.2) is 12.4 Å². The van der Waals surface area contributed by atoms with Crippen molar-refractivity contribution in [3.63, 3.8) is 0 Å². The summed E-state index contributed by atoms with van der Waals surface area (Å²) in [4.78, 5) is 34.9. The van der Waals surface area contributed by atoms with Crippen molar-refractivity contribution in [2.75, 3.05) is 11.9 Å². The predicted octanol–water partition coefficient (Wildman–Crippen LogP) is 3.22. The number of ether oxygens (including phenoxy) is 1. The van der Waals surface area contributed by atoms with Crippen LogP contribution in [0.1, 0.15) is 22.8 Å². The van der Waals surface area contributed by atoms with Crippen LogP contribution in [0.4, 0.5) is 10.1 Å². The largest absolute Gasteiger partial charge is 0.452 e. The van der Waals surface area contributed by atoms with Crippen molar-refractivity contribution in [1.29, 1.82) is 0 Å². The SMILES string of the molecule is CC(=O)c1ccccc1NC(=O)COC(=O)/C=C/c1ccc(F)cc1. The minimum Gasteiger partial charge on any atom is -0.452 e. The Morgan fingerprint density at radius 3 is 2.44 bits per heavy atom. The van der Waals surface area contributed by atoms with E-state index in [9.17, 15) is 18.8 Å². The van der Waals surface area contributed by atoms with E-state index in [1.807, 2.05) is 0 Å². The van der Waals surface area contributed by atoms with Crippen molar-refractivity contribution in [3.8, 4) is 0 Å². The van der Waals surface area contributed by atoms with Gasteiger partial charge in [0.25, 0.3) is 5.91 Å². The Kier molecular flexibility index (Phi) is 6.17. The van der Waals surface area contributed by atoms with Crippen molar-refractivity contribution < 1.29 is 23.5 Å². The van der Waals surface area contributed by atoms with Crippen molar-refractivity contribution in [1.82, 2.24) is 0 Å². The normalized spacial score (nSPS) is 10.5. The van der Waals surface area contributed by atoms with Crippen molar-refractivity contribution in [2.24, 2.45) is 0 Å². The molecule has 1 N–H and O–H groups in total. The highest BCUT2D eigenvalue weighted by Crippen LogP contribution is 2.15. The van der Waals surface area contributed by atoms with Gasteiger partial charge in [-0.05, 0) is 42.8 Å². The minimum absolute atomic E-state index is 0.185. The summed E-state index contributed by atoms with van der Waals surface area (Å²) in [6, 6.07) is 12.1. The highest BCUT2D eigenvalue weighted by Gasteiger charge is 2.10. The number of hydrogen-bond acceptors (Lipinski definition) is 4. The third-order valence-corrected chi connectivity index (χ3v) is 3.21. The van der Waals surface area contributed by atoms with E-state index >= 15 is 0 Å². The summed E-state index contributed by atoms with van der Waals surface area (Å²) < 4.78 is 17.6. The van der Waals surface area contributed by atoms with Crippen LogP contribution in [0.25, 0.3) is 6.08 Å². The van der Waals surface area contributed by atoms with Crippen LogP contribution in [-0.4, -0.2) is 24.3 Å². The number of nitrogens with one attached hydrogen (secondary N) is 1. The number of carbonyl (C=O) groups is 3. The molecule has 2 rings (SSSR count). The van der Waals surface area contributed by atoms with Crippen molar-refractivity contribution in [2.45, 2.75) is 6.92 Å². The number of halogens is 1. The molecular weight excluding hydrogens is 325 g/mol. The lowest BCUT2D eigenvalue weighted by Crippen LogP contribution is -2.21. The highest BCUT2D eigenvalue weighted by molar-refractivity contribution is 6.04. The number of Topliss-reactive ketones (excluding diaryl/α,β-unsaturated/α-hetero) is 1.